The first-order valence-electron chi connectivity index (χ1n) is 2.66. The van der Waals surface area contributed by atoms with Crippen LogP contribution in [0.2, 0.25) is 0 Å². The SMILES string of the molecule is COOC/C(C#N)=C(\C)O. The largest absolute Gasteiger partial charge is 0.511 e. The van der Waals surface area contributed by atoms with Gasteiger partial charge in [0.1, 0.15) is 18.4 Å². The Morgan fingerprint density at radius 3 is 2.60 bits per heavy atom. The summed E-state index contributed by atoms with van der Waals surface area (Å²) < 4.78 is 0. The Morgan fingerprint density at radius 1 is 1.70 bits per heavy atom. The smallest absolute Gasteiger partial charge is 0.120 e. The zero-order valence-corrected chi connectivity index (χ0v) is 5.92. The number of hydrogen-bond donors (Lipinski definition) is 1. The molecule has 0 unspecified atom stereocenters. The van der Waals surface area contributed by atoms with E-state index in [4.69, 9.17) is 10.4 Å². The predicted octanol–water partition coefficient (Wildman–Crippen LogP) is 0.920. The van der Waals surface area contributed by atoms with E-state index in [9.17, 15) is 0 Å². The van der Waals surface area contributed by atoms with Crippen molar-refractivity contribution >= 4 is 0 Å². The minimum Gasteiger partial charge on any atom is -0.511 e. The standard InChI is InChI=1S/C6H9NO3/c1-5(8)6(3-7)4-10-9-2/h8H,4H2,1-2H3/b6-5+. The quantitative estimate of drug-likeness (QED) is 0.276. The second kappa shape index (κ2) is 4.79. The first-order valence-corrected chi connectivity index (χ1v) is 2.66. The van der Waals surface area contributed by atoms with Gasteiger partial charge < -0.3 is 5.11 Å². The highest BCUT2D eigenvalue weighted by atomic mass is 17.2. The molecule has 0 spiro atoms. The summed E-state index contributed by atoms with van der Waals surface area (Å²) in [5.41, 5.74) is 0.168. The van der Waals surface area contributed by atoms with E-state index in [1.54, 1.807) is 6.07 Å². The number of aliphatic hydroxyl groups excluding tert-OH is 1. The van der Waals surface area contributed by atoms with Crippen LogP contribution in [0.4, 0.5) is 0 Å². The highest BCUT2D eigenvalue weighted by Gasteiger charge is 1.99. The highest BCUT2D eigenvalue weighted by Crippen LogP contribution is 1.98. The van der Waals surface area contributed by atoms with Gasteiger partial charge in [-0.3, -0.25) is 0 Å². The predicted molar refractivity (Wildman–Crippen MR) is 33.9 cm³/mol. The van der Waals surface area contributed by atoms with Gasteiger partial charge in [0.25, 0.3) is 0 Å². The molecule has 0 atom stereocenters. The number of nitriles is 1. The van der Waals surface area contributed by atoms with Gasteiger partial charge in [-0.15, -0.1) is 0 Å². The van der Waals surface area contributed by atoms with Crippen molar-refractivity contribution in [3.63, 3.8) is 0 Å². The van der Waals surface area contributed by atoms with Crippen molar-refractivity contribution in [1.29, 1.82) is 5.26 Å². The summed E-state index contributed by atoms with van der Waals surface area (Å²) in [6.45, 7) is 1.40. The van der Waals surface area contributed by atoms with Crippen molar-refractivity contribution in [2.24, 2.45) is 0 Å². The molecule has 0 rings (SSSR count). The monoisotopic (exact) mass is 143 g/mol. The molecule has 0 heterocycles. The van der Waals surface area contributed by atoms with E-state index in [0.29, 0.717) is 0 Å². The fourth-order valence-electron chi connectivity index (χ4n) is 0.335. The normalized spacial score (nSPS) is 12.1. The number of aliphatic hydroxyl groups is 1. The van der Waals surface area contributed by atoms with Crippen LogP contribution < -0.4 is 0 Å². The minimum absolute atomic E-state index is 0.0185. The van der Waals surface area contributed by atoms with Gasteiger partial charge in [0, 0.05) is 0 Å². The van der Waals surface area contributed by atoms with Crippen LogP contribution in [0.3, 0.4) is 0 Å². The van der Waals surface area contributed by atoms with Gasteiger partial charge in [-0.1, -0.05) is 0 Å². The van der Waals surface area contributed by atoms with Gasteiger partial charge in [-0.05, 0) is 6.92 Å². The summed E-state index contributed by atoms with van der Waals surface area (Å²) >= 11 is 0. The van der Waals surface area contributed by atoms with Crippen molar-refractivity contribution in [3.8, 4) is 6.07 Å². The van der Waals surface area contributed by atoms with E-state index in [2.05, 4.69) is 9.78 Å². The Kier molecular flexibility index (Phi) is 4.29. The molecule has 4 heteroatoms. The van der Waals surface area contributed by atoms with Gasteiger partial charge in [0.2, 0.25) is 0 Å². The maximum absolute atomic E-state index is 8.76. The Morgan fingerprint density at radius 2 is 2.30 bits per heavy atom. The highest BCUT2D eigenvalue weighted by molar-refractivity contribution is 5.22. The third-order valence-electron chi connectivity index (χ3n) is 0.893. The fourth-order valence-corrected chi connectivity index (χ4v) is 0.335. The maximum Gasteiger partial charge on any atom is 0.120 e. The average molecular weight is 143 g/mol. The van der Waals surface area contributed by atoms with Crippen molar-refractivity contribution in [3.05, 3.63) is 11.3 Å². The molecular weight excluding hydrogens is 134 g/mol. The molecule has 0 fully saturated rings. The lowest BCUT2D eigenvalue weighted by Gasteiger charge is -1.97. The molecule has 0 aromatic rings. The molecule has 4 nitrogen and oxygen atoms in total. The van der Waals surface area contributed by atoms with Crippen molar-refractivity contribution in [2.75, 3.05) is 13.7 Å². The zero-order chi connectivity index (χ0) is 7.98. The lowest BCUT2D eigenvalue weighted by Crippen LogP contribution is -1.97. The van der Waals surface area contributed by atoms with Crippen LogP contribution in [0.5, 0.6) is 0 Å². The molecule has 0 aromatic carbocycles. The van der Waals surface area contributed by atoms with E-state index in [1.165, 1.54) is 14.0 Å². The van der Waals surface area contributed by atoms with E-state index in [-0.39, 0.29) is 17.9 Å². The molecule has 0 saturated carbocycles. The molecule has 0 bridgehead atoms. The van der Waals surface area contributed by atoms with Gasteiger partial charge in [-0.25, -0.2) is 9.78 Å². The Balaban J connectivity index is 3.89. The second-order valence-corrected chi connectivity index (χ2v) is 1.60. The van der Waals surface area contributed by atoms with Crippen LogP contribution in [0.25, 0.3) is 0 Å². The molecule has 0 aliphatic carbocycles. The second-order valence-electron chi connectivity index (χ2n) is 1.60. The van der Waals surface area contributed by atoms with Gasteiger partial charge in [0.05, 0.1) is 12.7 Å². The maximum atomic E-state index is 8.76. The lowest BCUT2D eigenvalue weighted by molar-refractivity contribution is -0.264. The fraction of sp³-hybridized carbons (Fsp3) is 0.500. The molecule has 0 aromatic heterocycles. The molecule has 1 N–H and O–H groups in total. The van der Waals surface area contributed by atoms with Crippen LogP contribution in [-0.2, 0) is 9.78 Å². The van der Waals surface area contributed by atoms with Crippen molar-refractivity contribution in [2.45, 2.75) is 6.92 Å². The van der Waals surface area contributed by atoms with Crippen LogP contribution in [-0.4, -0.2) is 18.8 Å². The number of hydrogen-bond acceptors (Lipinski definition) is 4. The summed E-state index contributed by atoms with van der Waals surface area (Å²) in [6.07, 6.45) is 0. The first kappa shape index (κ1) is 8.95. The summed E-state index contributed by atoms with van der Waals surface area (Å²) in [5, 5.41) is 17.1. The molecular formula is C6H9NO3. The van der Waals surface area contributed by atoms with Crippen LogP contribution in [0.1, 0.15) is 6.92 Å². The van der Waals surface area contributed by atoms with Crippen molar-refractivity contribution < 1.29 is 14.9 Å². The summed E-state index contributed by atoms with van der Waals surface area (Å²) in [7, 11) is 1.34. The lowest BCUT2D eigenvalue weighted by atomic mass is 10.3. The van der Waals surface area contributed by atoms with E-state index in [1.807, 2.05) is 0 Å². The number of nitrogens with zero attached hydrogens (tertiary/aromatic N) is 1. The average Bonchev–Trinajstić information content (AvgIpc) is 1.89. The molecule has 0 radical (unpaired) electrons. The Labute approximate surface area is 59.2 Å². The number of rotatable bonds is 3. The Bertz CT molecular complexity index is 164. The van der Waals surface area contributed by atoms with Crippen LogP contribution >= 0.6 is 0 Å². The Hall–Kier alpha value is -1.05. The van der Waals surface area contributed by atoms with E-state index >= 15 is 0 Å². The van der Waals surface area contributed by atoms with Gasteiger partial charge in [0.15, 0.2) is 0 Å². The first-order chi connectivity index (χ1) is 4.72. The van der Waals surface area contributed by atoms with E-state index in [0.717, 1.165) is 0 Å². The topological polar surface area (TPSA) is 62.5 Å². The molecule has 0 aliphatic rings. The summed E-state index contributed by atoms with van der Waals surface area (Å²) in [6, 6.07) is 1.76. The van der Waals surface area contributed by atoms with Gasteiger partial charge in [-0.2, -0.15) is 5.26 Å². The molecule has 0 saturated heterocycles. The molecule has 56 valence electrons. The summed E-state index contributed by atoms with van der Waals surface area (Å²) in [5.74, 6) is -0.0421. The van der Waals surface area contributed by atoms with Crippen LogP contribution in [0.15, 0.2) is 11.3 Å². The van der Waals surface area contributed by atoms with Crippen LogP contribution in [0, 0.1) is 11.3 Å². The summed E-state index contributed by atoms with van der Waals surface area (Å²) in [4.78, 5) is 8.64. The number of allylic oxidation sites excluding steroid dienone is 1. The molecule has 0 aliphatic heterocycles. The molecule has 0 amide bonds. The molecule has 10 heavy (non-hydrogen) atoms. The third-order valence-corrected chi connectivity index (χ3v) is 0.893. The van der Waals surface area contributed by atoms with Gasteiger partial charge >= 0.3 is 0 Å². The van der Waals surface area contributed by atoms with Crippen molar-refractivity contribution in [1.82, 2.24) is 0 Å². The minimum atomic E-state index is -0.0421. The third kappa shape index (κ3) is 3.07. The zero-order valence-electron chi connectivity index (χ0n) is 5.92. The van der Waals surface area contributed by atoms with E-state index < -0.39 is 0 Å².